The van der Waals surface area contributed by atoms with E-state index in [0.29, 0.717) is 17.2 Å². The van der Waals surface area contributed by atoms with Crippen LogP contribution in [0.15, 0.2) is 54.8 Å². The van der Waals surface area contributed by atoms with Gasteiger partial charge in [-0.3, -0.25) is 24.2 Å². The predicted molar refractivity (Wildman–Crippen MR) is 164 cm³/mol. The van der Waals surface area contributed by atoms with E-state index in [1.165, 1.54) is 24.4 Å². The van der Waals surface area contributed by atoms with Crippen molar-refractivity contribution < 1.29 is 45.5 Å². The zero-order chi connectivity index (χ0) is 35.8. The summed E-state index contributed by atoms with van der Waals surface area (Å²) in [4.78, 5) is 43.5. The van der Waals surface area contributed by atoms with Crippen molar-refractivity contribution in [2.75, 3.05) is 11.4 Å². The van der Waals surface area contributed by atoms with Crippen molar-refractivity contribution in [3.8, 4) is 0 Å². The fourth-order valence-electron chi connectivity index (χ4n) is 5.74. The number of halogens is 6. The largest absolute Gasteiger partial charge is 0.443 e. The zero-order valence-electron chi connectivity index (χ0n) is 26.5. The molecule has 5 rings (SSSR count). The zero-order valence-corrected chi connectivity index (χ0v) is 26.5. The van der Waals surface area contributed by atoms with E-state index in [1.807, 2.05) is 0 Å². The first kappa shape index (κ1) is 35.2. The van der Waals surface area contributed by atoms with Gasteiger partial charge in [0.2, 0.25) is 11.8 Å². The van der Waals surface area contributed by atoms with Crippen molar-refractivity contribution in [2.45, 2.75) is 64.1 Å². The first-order chi connectivity index (χ1) is 22.9. The van der Waals surface area contributed by atoms with Gasteiger partial charge in [0.15, 0.2) is 5.69 Å². The Labute approximate surface area is 276 Å². The van der Waals surface area contributed by atoms with Crippen LogP contribution >= 0.6 is 0 Å². The minimum atomic E-state index is -4.98. The maximum Gasteiger partial charge on any atom is 0.437 e. The number of ether oxygens (including phenoxy) is 1. The van der Waals surface area contributed by atoms with E-state index >= 15 is 0 Å². The van der Waals surface area contributed by atoms with Gasteiger partial charge in [-0.05, 0) is 62.6 Å². The average Bonchev–Trinajstić information content (AvgIpc) is 3.57. The van der Waals surface area contributed by atoms with Crippen LogP contribution in [0, 0.1) is 17.6 Å². The Bertz CT molecular complexity index is 1830. The number of fused-ring (bicyclic) bond motifs is 1. The van der Waals surface area contributed by atoms with E-state index in [9.17, 15) is 40.7 Å². The number of nitrogens with two attached hydrogens (primary N) is 1. The van der Waals surface area contributed by atoms with Gasteiger partial charge in [-0.1, -0.05) is 18.2 Å². The van der Waals surface area contributed by atoms with Crippen LogP contribution in [-0.2, 0) is 39.9 Å². The summed E-state index contributed by atoms with van der Waals surface area (Å²) in [5.41, 5.74) is 3.39. The molecule has 3 heterocycles. The summed E-state index contributed by atoms with van der Waals surface area (Å²) in [6, 6.07) is 4.72. The van der Waals surface area contributed by atoms with Gasteiger partial charge in [0.05, 0.1) is 23.3 Å². The molecular weight excluding hydrogens is 658 g/mol. The highest BCUT2D eigenvalue weighted by Crippen LogP contribution is 2.42. The number of alkyl halides is 4. The molecule has 49 heavy (non-hydrogen) atoms. The monoisotopic (exact) mass is 690 g/mol. The van der Waals surface area contributed by atoms with Crippen molar-refractivity contribution in [3.05, 3.63) is 94.6 Å². The molecule has 0 saturated carbocycles. The number of rotatable bonds is 8. The standard InChI is InChI=1S/C33H32F6N6O4/c1-32(2,3)49-31(48)44-10-8-25-28(44)29(33(37,38)39)43-45(25)16-26(46)42-24(13-17-11-19(34)15-20(35)12-17)27-21(5-4-9-41-27)18-6-7-23(36)22(14-18)30(40)47/h4-7,9,11-12,14-15,22-24H,8,10,13,16H2,1-3H3,(H2,40,47)(H,42,46)/t22?,23?,24-/m0/s1. The molecular formula is C33H32F6N6O4. The van der Waals surface area contributed by atoms with Gasteiger partial charge in [0.1, 0.15) is 35.6 Å². The Morgan fingerprint density at radius 3 is 2.45 bits per heavy atom. The molecule has 0 bridgehead atoms. The number of amides is 3. The summed E-state index contributed by atoms with van der Waals surface area (Å²) in [6.07, 6.45) is -2.75. The maximum absolute atomic E-state index is 14.4. The fourth-order valence-corrected chi connectivity index (χ4v) is 5.74. The quantitative estimate of drug-likeness (QED) is 0.306. The Balaban J connectivity index is 1.50. The van der Waals surface area contributed by atoms with Crippen molar-refractivity contribution in [2.24, 2.45) is 11.7 Å². The molecule has 1 aliphatic carbocycles. The number of carbonyl (C=O) groups excluding carboxylic acids is 3. The third-order valence-electron chi connectivity index (χ3n) is 7.72. The van der Waals surface area contributed by atoms with Crippen molar-refractivity contribution in [1.82, 2.24) is 20.1 Å². The summed E-state index contributed by atoms with van der Waals surface area (Å²) < 4.78 is 91.3. The number of hydrogen-bond donors (Lipinski definition) is 2. The van der Waals surface area contributed by atoms with E-state index in [4.69, 9.17) is 10.5 Å². The highest BCUT2D eigenvalue weighted by atomic mass is 19.4. The van der Waals surface area contributed by atoms with Crippen LogP contribution in [0.2, 0.25) is 0 Å². The molecule has 2 aromatic heterocycles. The summed E-state index contributed by atoms with van der Waals surface area (Å²) in [5.74, 6) is -4.85. The van der Waals surface area contributed by atoms with E-state index in [0.717, 1.165) is 27.8 Å². The van der Waals surface area contributed by atoms with Gasteiger partial charge in [0, 0.05) is 30.8 Å². The smallest absolute Gasteiger partial charge is 0.437 e. The van der Waals surface area contributed by atoms with Gasteiger partial charge in [-0.25, -0.2) is 18.0 Å². The third-order valence-corrected chi connectivity index (χ3v) is 7.72. The van der Waals surface area contributed by atoms with E-state index < -0.39 is 77.4 Å². The van der Waals surface area contributed by atoms with Gasteiger partial charge in [0.25, 0.3) is 0 Å². The Kier molecular flexibility index (Phi) is 9.61. The van der Waals surface area contributed by atoms with Crippen LogP contribution in [0.3, 0.4) is 0 Å². The van der Waals surface area contributed by atoms with E-state index in [2.05, 4.69) is 15.4 Å². The van der Waals surface area contributed by atoms with Gasteiger partial charge in [-0.15, -0.1) is 0 Å². The molecule has 0 radical (unpaired) electrons. The number of primary amides is 1. The van der Waals surface area contributed by atoms with Gasteiger partial charge in [-0.2, -0.15) is 18.3 Å². The SMILES string of the molecule is CC(C)(C)OC(=O)N1CCc2c1c(C(F)(F)F)nn2CC(=O)N[C@@H](Cc1cc(F)cc(F)c1)c1ncccc1C1=CC(C(N)=O)C(F)C=C1. The number of nitrogens with one attached hydrogen (secondary N) is 1. The van der Waals surface area contributed by atoms with Crippen molar-refractivity contribution in [3.63, 3.8) is 0 Å². The number of benzene rings is 1. The maximum atomic E-state index is 14.4. The normalized spacial score (nSPS) is 18.1. The minimum absolute atomic E-state index is 0.0219. The summed E-state index contributed by atoms with van der Waals surface area (Å²) >= 11 is 0. The number of allylic oxidation sites excluding steroid dienone is 3. The Morgan fingerprint density at radius 1 is 1.12 bits per heavy atom. The highest BCUT2D eigenvalue weighted by molar-refractivity contribution is 5.91. The molecule has 2 aliphatic rings. The molecule has 0 saturated heterocycles. The molecule has 2 unspecified atom stereocenters. The molecule has 3 aromatic rings. The summed E-state index contributed by atoms with van der Waals surface area (Å²) in [5, 5.41) is 6.34. The van der Waals surface area contributed by atoms with Crippen LogP contribution in [0.25, 0.3) is 5.57 Å². The number of carbonyl (C=O) groups is 3. The summed E-state index contributed by atoms with van der Waals surface area (Å²) in [6.45, 7) is 3.82. The number of hydrogen-bond acceptors (Lipinski definition) is 6. The topological polar surface area (TPSA) is 132 Å². The molecule has 0 fully saturated rings. The van der Waals surface area contributed by atoms with Crippen LogP contribution in [0.1, 0.15) is 55.0 Å². The van der Waals surface area contributed by atoms with E-state index in [-0.39, 0.29) is 36.3 Å². The molecule has 0 spiro atoms. The van der Waals surface area contributed by atoms with Crippen molar-refractivity contribution >= 4 is 29.2 Å². The summed E-state index contributed by atoms with van der Waals surface area (Å²) in [7, 11) is 0. The van der Waals surface area contributed by atoms with Crippen LogP contribution in [0.5, 0.6) is 0 Å². The second-order valence-corrected chi connectivity index (χ2v) is 12.6. The molecule has 1 aliphatic heterocycles. The second kappa shape index (κ2) is 13.4. The number of aromatic nitrogens is 3. The fraction of sp³-hybridized carbons (Fsp3) is 0.364. The lowest BCUT2D eigenvalue weighted by Gasteiger charge is -2.24. The lowest BCUT2D eigenvalue weighted by atomic mass is 9.88. The molecule has 3 amide bonds. The molecule has 16 heteroatoms. The third kappa shape index (κ3) is 7.95. The van der Waals surface area contributed by atoms with Crippen LogP contribution < -0.4 is 16.0 Å². The van der Waals surface area contributed by atoms with Crippen LogP contribution in [0.4, 0.5) is 36.8 Å². The number of nitrogens with zero attached hydrogens (tertiary/aromatic N) is 4. The second-order valence-electron chi connectivity index (χ2n) is 12.6. The molecule has 1 aromatic carbocycles. The molecule has 260 valence electrons. The lowest BCUT2D eigenvalue weighted by molar-refractivity contribution is -0.141. The number of anilines is 1. The molecule has 10 nitrogen and oxygen atoms in total. The first-order valence-electron chi connectivity index (χ1n) is 15.1. The predicted octanol–water partition coefficient (Wildman–Crippen LogP) is 5.37. The van der Waals surface area contributed by atoms with Gasteiger partial charge >= 0.3 is 12.3 Å². The van der Waals surface area contributed by atoms with Gasteiger partial charge < -0.3 is 15.8 Å². The highest BCUT2D eigenvalue weighted by Gasteiger charge is 2.45. The van der Waals surface area contributed by atoms with E-state index in [1.54, 1.807) is 26.8 Å². The van der Waals surface area contributed by atoms with Crippen molar-refractivity contribution in [1.29, 1.82) is 0 Å². The van der Waals surface area contributed by atoms with Crippen LogP contribution in [-0.4, -0.2) is 51.0 Å². The lowest BCUT2D eigenvalue weighted by Crippen LogP contribution is -2.36. The average molecular weight is 691 g/mol. The minimum Gasteiger partial charge on any atom is -0.443 e. The Hall–Kier alpha value is -5.15. The first-order valence-corrected chi connectivity index (χ1v) is 15.1. The Morgan fingerprint density at radius 2 is 1.82 bits per heavy atom. The molecule has 3 atom stereocenters. The number of pyridine rings is 1. The molecule has 3 N–H and O–H groups in total.